The maximum atomic E-state index is 12.5. The van der Waals surface area contributed by atoms with Crippen molar-refractivity contribution in [1.29, 1.82) is 0 Å². The van der Waals surface area contributed by atoms with E-state index in [9.17, 15) is 13.6 Å². The van der Waals surface area contributed by atoms with Gasteiger partial charge in [0, 0.05) is 18.5 Å². The molecular weight excluding hydrogens is 228 g/mol. The highest BCUT2D eigenvalue weighted by atomic mass is 19.3. The Kier molecular flexibility index (Phi) is 3.97. The predicted molar refractivity (Wildman–Crippen MR) is 59.1 cm³/mol. The van der Waals surface area contributed by atoms with Crippen LogP contribution in [-0.2, 0) is 4.79 Å². The van der Waals surface area contributed by atoms with Crippen molar-refractivity contribution in [2.45, 2.75) is 44.6 Å². The number of nitrogens with zero attached hydrogens (tertiary/aromatic N) is 1. The first-order chi connectivity index (χ1) is 8.08. The molecule has 98 valence electrons. The summed E-state index contributed by atoms with van der Waals surface area (Å²) in [5.41, 5.74) is 0. The van der Waals surface area contributed by atoms with E-state index < -0.39 is 18.3 Å². The van der Waals surface area contributed by atoms with Crippen LogP contribution in [0.15, 0.2) is 0 Å². The van der Waals surface area contributed by atoms with Gasteiger partial charge in [-0.25, -0.2) is 8.78 Å². The van der Waals surface area contributed by atoms with Crippen LogP contribution in [0.3, 0.4) is 0 Å². The third-order valence-corrected chi connectivity index (χ3v) is 4.17. The Labute approximate surface area is 99.8 Å². The summed E-state index contributed by atoms with van der Waals surface area (Å²) in [5, 5.41) is 8.89. The van der Waals surface area contributed by atoms with Crippen LogP contribution in [0.4, 0.5) is 8.78 Å². The molecule has 0 aromatic carbocycles. The second-order valence-electron chi connectivity index (χ2n) is 5.22. The number of likely N-dealkylation sites (tertiary alicyclic amines) is 1. The molecule has 0 aromatic rings. The summed E-state index contributed by atoms with van der Waals surface area (Å²) in [6.07, 6.45) is 1.43. The van der Waals surface area contributed by atoms with Crippen LogP contribution in [-0.4, -0.2) is 41.5 Å². The van der Waals surface area contributed by atoms with Crippen molar-refractivity contribution in [2.75, 3.05) is 13.1 Å². The largest absolute Gasteiger partial charge is 0.481 e. The Morgan fingerprint density at radius 3 is 2.29 bits per heavy atom. The average Bonchev–Trinajstić information content (AvgIpc) is 2.78. The van der Waals surface area contributed by atoms with Gasteiger partial charge in [0.05, 0.1) is 5.92 Å². The normalized spacial score (nSPS) is 35.4. The third-order valence-electron chi connectivity index (χ3n) is 4.17. The van der Waals surface area contributed by atoms with E-state index >= 15 is 0 Å². The fourth-order valence-electron chi connectivity index (χ4n) is 3.04. The molecule has 0 spiro atoms. The van der Waals surface area contributed by atoms with Gasteiger partial charge in [-0.2, -0.15) is 0 Å². The minimum Gasteiger partial charge on any atom is -0.481 e. The lowest BCUT2D eigenvalue weighted by Gasteiger charge is -2.33. The molecule has 1 saturated heterocycles. The van der Waals surface area contributed by atoms with Gasteiger partial charge >= 0.3 is 5.97 Å². The number of hydrogen-bond acceptors (Lipinski definition) is 2. The summed E-state index contributed by atoms with van der Waals surface area (Å²) < 4.78 is 25.1. The highest BCUT2D eigenvalue weighted by Gasteiger charge is 2.35. The summed E-state index contributed by atoms with van der Waals surface area (Å²) in [4.78, 5) is 12.9. The van der Waals surface area contributed by atoms with E-state index in [2.05, 4.69) is 4.90 Å². The Bertz CT molecular complexity index is 278. The molecule has 0 amide bonds. The van der Waals surface area contributed by atoms with E-state index in [4.69, 9.17) is 5.11 Å². The fraction of sp³-hybridized carbons (Fsp3) is 0.917. The van der Waals surface area contributed by atoms with Crippen LogP contribution in [0.2, 0.25) is 0 Å². The Morgan fingerprint density at radius 2 is 1.82 bits per heavy atom. The van der Waals surface area contributed by atoms with Crippen molar-refractivity contribution in [3.63, 3.8) is 0 Å². The maximum absolute atomic E-state index is 12.5. The molecule has 2 rings (SSSR count). The van der Waals surface area contributed by atoms with Crippen LogP contribution < -0.4 is 0 Å². The zero-order valence-electron chi connectivity index (χ0n) is 9.82. The molecule has 1 aliphatic carbocycles. The van der Waals surface area contributed by atoms with Crippen LogP contribution in [0, 0.1) is 11.8 Å². The monoisotopic (exact) mass is 247 g/mol. The summed E-state index contributed by atoms with van der Waals surface area (Å²) in [6, 6.07) is 0.328. The highest BCUT2D eigenvalue weighted by Crippen LogP contribution is 2.32. The van der Waals surface area contributed by atoms with Gasteiger partial charge < -0.3 is 5.11 Å². The Balaban J connectivity index is 1.80. The van der Waals surface area contributed by atoms with Crippen LogP contribution in [0.1, 0.15) is 32.1 Å². The highest BCUT2D eigenvalue weighted by molar-refractivity contribution is 5.70. The summed E-state index contributed by atoms with van der Waals surface area (Å²) in [7, 11) is 0. The van der Waals surface area contributed by atoms with E-state index in [1.807, 2.05) is 0 Å². The van der Waals surface area contributed by atoms with Gasteiger partial charge in [-0.05, 0) is 38.6 Å². The van der Waals surface area contributed by atoms with Crippen molar-refractivity contribution < 1.29 is 18.7 Å². The van der Waals surface area contributed by atoms with Crippen molar-refractivity contribution in [1.82, 2.24) is 4.90 Å². The van der Waals surface area contributed by atoms with Crippen LogP contribution in [0.5, 0.6) is 0 Å². The molecule has 1 N–H and O–H groups in total. The first-order valence-electron chi connectivity index (χ1n) is 6.33. The van der Waals surface area contributed by atoms with Gasteiger partial charge in [-0.15, -0.1) is 0 Å². The lowest BCUT2D eigenvalue weighted by atomic mass is 9.85. The van der Waals surface area contributed by atoms with E-state index in [0.717, 1.165) is 19.4 Å². The molecule has 0 unspecified atom stereocenters. The number of aliphatic carboxylic acids is 1. The molecule has 0 bridgehead atoms. The average molecular weight is 247 g/mol. The lowest BCUT2D eigenvalue weighted by molar-refractivity contribution is -0.143. The molecule has 1 atom stereocenters. The summed E-state index contributed by atoms with van der Waals surface area (Å²) in [6.45, 7) is 1.23. The molecular formula is C12H19F2NO2. The molecule has 1 saturated carbocycles. The molecule has 0 radical (unpaired) electrons. The first kappa shape index (κ1) is 12.7. The van der Waals surface area contributed by atoms with Crippen molar-refractivity contribution in [3.05, 3.63) is 0 Å². The molecule has 1 heterocycles. The van der Waals surface area contributed by atoms with Crippen LogP contribution >= 0.6 is 0 Å². The van der Waals surface area contributed by atoms with Gasteiger partial charge in [-0.3, -0.25) is 9.69 Å². The minimum atomic E-state index is -2.21. The fourth-order valence-corrected chi connectivity index (χ4v) is 3.04. The van der Waals surface area contributed by atoms with Gasteiger partial charge in [0.15, 0.2) is 0 Å². The zero-order valence-corrected chi connectivity index (χ0v) is 9.82. The molecule has 2 fully saturated rings. The Hall–Kier alpha value is -0.710. The third kappa shape index (κ3) is 2.94. The van der Waals surface area contributed by atoms with Crippen molar-refractivity contribution in [3.8, 4) is 0 Å². The quantitative estimate of drug-likeness (QED) is 0.831. The molecule has 1 aliphatic heterocycles. The predicted octanol–water partition coefficient (Wildman–Crippen LogP) is 2.22. The molecule has 3 nitrogen and oxygen atoms in total. The summed E-state index contributed by atoms with van der Waals surface area (Å²) >= 11 is 0. The van der Waals surface area contributed by atoms with Crippen LogP contribution in [0.25, 0.3) is 0 Å². The molecule has 5 heteroatoms. The number of alkyl halides is 2. The second-order valence-corrected chi connectivity index (χ2v) is 5.22. The smallest absolute Gasteiger partial charge is 0.306 e. The van der Waals surface area contributed by atoms with Gasteiger partial charge in [0.1, 0.15) is 0 Å². The number of carboxylic acids is 1. The SMILES string of the molecule is O=C(O)C1CCC(N2CC[C@@H](C(F)F)C2)CC1. The summed E-state index contributed by atoms with van der Waals surface area (Å²) in [5.74, 6) is -1.41. The first-order valence-corrected chi connectivity index (χ1v) is 6.33. The van der Waals surface area contributed by atoms with Gasteiger partial charge in [-0.1, -0.05) is 0 Å². The number of carbonyl (C=O) groups is 1. The number of halogens is 2. The van der Waals surface area contributed by atoms with E-state index in [0.29, 0.717) is 31.8 Å². The van der Waals surface area contributed by atoms with Gasteiger partial charge in [0.2, 0.25) is 6.43 Å². The van der Waals surface area contributed by atoms with E-state index in [-0.39, 0.29) is 5.92 Å². The van der Waals surface area contributed by atoms with Gasteiger partial charge in [0.25, 0.3) is 0 Å². The Morgan fingerprint density at radius 1 is 1.18 bits per heavy atom. The van der Waals surface area contributed by atoms with Crippen molar-refractivity contribution in [2.24, 2.45) is 11.8 Å². The number of carboxylic acid groups (broad SMARTS) is 1. The maximum Gasteiger partial charge on any atom is 0.306 e. The minimum absolute atomic E-state index is 0.222. The number of hydrogen-bond donors (Lipinski definition) is 1. The zero-order chi connectivity index (χ0) is 12.4. The second kappa shape index (κ2) is 5.29. The number of rotatable bonds is 3. The van der Waals surface area contributed by atoms with E-state index in [1.54, 1.807) is 0 Å². The topological polar surface area (TPSA) is 40.5 Å². The lowest BCUT2D eigenvalue weighted by Crippen LogP contribution is -2.38. The standard InChI is InChI=1S/C12H19F2NO2/c13-11(14)9-5-6-15(7-9)10-3-1-8(2-4-10)12(16)17/h8-11H,1-7H2,(H,16,17)/t8?,9-,10?/m1/s1. The molecule has 2 aliphatic rings. The molecule has 0 aromatic heterocycles. The van der Waals surface area contributed by atoms with E-state index in [1.165, 1.54) is 0 Å². The van der Waals surface area contributed by atoms with Crippen molar-refractivity contribution >= 4 is 5.97 Å². The molecule has 17 heavy (non-hydrogen) atoms.